The lowest BCUT2D eigenvalue weighted by Crippen LogP contribution is -2.66. The molecule has 3 fully saturated rings. The number of nitrogens with zero attached hydrogens (tertiary/aromatic N) is 2. The number of nitrogens with one attached hydrogen (secondary N) is 3. The zero-order valence-corrected chi connectivity index (χ0v) is 22.0. The molecule has 4 heterocycles. The number of rotatable bonds is 10. The second-order valence-electron chi connectivity index (χ2n) is 9.97. The summed E-state index contributed by atoms with van der Waals surface area (Å²) in [5, 5.41) is 15.2. The molecule has 0 aliphatic carbocycles. The van der Waals surface area contributed by atoms with Crippen LogP contribution in [0.5, 0.6) is 0 Å². The lowest BCUT2D eigenvalue weighted by Gasteiger charge is -2.47. The first-order chi connectivity index (χ1) is 17.3. The van der Waals surface area contributed by atoms with Gasteiger partial charge in [-0.2, -0.15) is 21.5 Å². The summed E-state index contributed by atoms with van der Waals surface area (Å²) in [6.45, 7) is 4.57. The van der Waals surface area contributed by atoms with Gasteiger partial charge in [-0.3, -0.25) is 9.59 Å². The molecular formula is C21H32F2N6O6S2. The molecule has 3 saturated heterocycles. The Morgan fingerprint density at radius 1 is 1.35 bits per heavy atom. The number of nitrogens with two attached hydrogens (primary N) is 1. The number of alkyl halides is 2. The number of β-lactam (4-membered cyclic amide) rings is 1. The van der Waals surface area contributed by atoms with Gasteiger partial charge in [0.2, 0.25) is 5.91 Å². The molecule has 0 spiro atoms. The van der Waals surface area contributed by atoms with E-state index in [0.717, 1.165) is 0 Å². The average Bonchev–Trinajstić information content (AvgIpc) is 3.51. The predicted molar refractivity (Wildman–Crippen MR) is 130 cm³/mol. The summed E-state index contributed by atoms with van der Waals surface area (Å²) >= 11 is 1.34. The fraction of sp³-hybridized carbons (Fsp3) is 0.762. The van der Waals surface area contributed by atoms with Gasteiger partial charge in [0.1, 0.15) is 5.70 Å². The van der Waals surface area contributed by atoms with Gasteiger partial charge in [-0.05, 0) is 19.8 Å². The van der Waals surface area contributed by atoms with Gasteiger partial charge in [0.15, 0.2) is 0 Å². The number of carboxylic acids is 1. The van der Waals surface area contributed by atoms with E-state index >= 15 is 0 Å². The van der Waals surface area contributed by atoms with Crippen LogP contribution in [0.25, 0.3) is 0 Å². The van der Waals surface area contributed by atoms with Crippen molar-refractivity contribution in [3.8, 4) is 0 Å². The van der Waals surface area contributed by atoms with E-state index in [0.29, 0.717) is 30.8 Å². The Bertz CT molecular complexity index is 1090. The molecule has 6 N–H and O–H groups in total. The summed E-state index contributed by atoms with van der Waals surface area (Å²) in [5.41, 5.74) is 5.68. The van der Waals surface area contributed by atoms with E-state index in [1.54, 1.807) is 6.92 Å². The maximum Gasteiger partial charge on any atom is 0.353 e. The highest BCUT2D eigenvalue weighted by Crippen LogP contribution is 2.51. The zero-order chi connectivity index (χ0) is 27.2. The van der Waals surface area contributed by atoms with E-state index in [-0.39, 0.29) is 42.0 Å². The summed E-state index contributed by atoms with van der Waals surface area (Å²) in [5.74, 6) is -4.44. The quantitative estimate of drug-likeness (QED) is 0.205. The van der Waals surface area contributed by atoms with Crippen LogP contribution in [-0.2, 0) is 24.6 Å². The van der Waals surface area contributed by atoms with Crippen LogP contribution < -0.4 is 21.1 Å². The zero-order valence-electron chi connectivity index (χ0n) is 20.4. The van der Waals surface area contributed by atoms with Crippen LogP contribution in [0.15, 0.2) is 10.6 Å². The van der Waals surface area contributed by atoms with E-state index in [1.807, 2.05) is 0 Å². The first-order valence-corrected chi connectivity index (χ1v) is 14.4. The predicted octanol–water partition coefficient (Wildman–Crippen LogP) is -1.14. The monoisotopic (exact) mass is 566 g/mol. The summed E-state index contributed by atoms with van der Waals surface area (Å²) in [6, 6.07) is -1.77. The van der Waals surface area contributed by atoms with Gasteiger partial charge in [0.25, 0.3) is 16.1 Å². The molecule has 0 aromatic heterocycles. The number of thioether (sulfide) groups is 1. The molecule has 2 amide bonds. The van der Waals surface area contributed by atoms with Crippen LogP contribution in [0.3, 0.4) is 0 Å². The standard InChI is InChI=1S/C21H32F2N6O6S2/c1-9-15-14(10(2)27-19(30)18(22)23)20(31)29(15)16(21(32)33)17(9)36-13-5-12(25-7-13)6-26-37(34,35)28-4-3-11(24)8-28/h9-15,18,25-26H,3-8,24H2,1-2H3,(H,27,30)(H,32,33)/t9-,10-,11+,12+,13+,14-,15+/m1/s1. The van der Waals surface area contributed by atoms with Gasteiger partial charge in [-0.15, -0.1) is 11.8 Å². The normalized spacial score (nSPS) is 33.1. The number of hydrogen-bond donors (Lipinski definition) is 5. The molecule has 4 aliphatic rings. The summed E-state index contributed by atoms with van der Waals surface area (Å²) in [7, 11) is -3.64. The minimum absolute atomic E-state index is 0.0651. The fourth-order valence-corrected chi connectivity index (χ4v) is 8.40. The Balaban J connectivity index is 1.37. The Kier molecular flexibility index (Phi) is 8.17. The summed E-state index contributed by atoms with van der Waals surface area (Å²) in [4.78, 5) is 38.1. The van der Waals surface area contributed by atoms with E-state index in [4.69, 9.17) is 5.73 Å². The van der Waals surface area contributed by atoms with E-state index < -0.39 is 52.4 Å². The van der Waals surface area contributed by atoms with Gasteiger partial charge in [-0.1, -0.05) is 6.92 Å². The van der Waals surface area contributed by atoms with Gasteiger partial charge in [0, 0.05) is 60.4 Å². The molecule has 37 heavy (non-hydrogen) atoms. The number of amides is 2. The molecule has 0 saturated carbocycles. The van der Waals surface area contributed by atoms with Crippen LogP contribution in [-0.4, -0.2) is 103 Å². The maximum absolute atomic E-state index is 12.8. The van der Waals surface area contributed by atoms with Gasteiger partial charge < -0.3 is 26.4 Å². The van der Waals surface area contributed by atoms with Gasteiger partial charge in [-0.25, -0.2) is 9.52 Å². The first-order valence-electron chi connectivity index (χ1n) is 12.1. The van der Waals surface area contributed by atoms with Crippen molar-refractivity contribution in [3.63, 3.8) is 0 Å². The maximum atomic E-state index is 12.8. The van der Waals surface area contributed by atoms with Crippen molar-refractivity contribution in [1.29, 1.82) is 0 Å². The highest BCUT2D eigenvalue weighted by Gasteiger charge is 2.60. The van der Waals surface area contributed by atoms with Crippen molar-refractivity contribution in [1.82, 2.24) is 24.6 Å². The summed E-state index contributed by atoms with van der Waals surface area (Å²) < 4.78 is 54.3. The number of carbonyl (C=O) groups excluding carboxylic acids is 2. The number of carboxylic acid groups (broad SMARTS) is 1. The molecule has 4 rings (SSSR count). The van der Waals surface area contributed by atoms with Crippen molar-refractivity contribution >= 4 is 39.8 Å². The molecule has 0 radical (unpaired) electrons. The third kappa shape index (κ3) is 5.49. The SMILES string of the molecule is C[C@@H](NC(=O)C(F)F)[C@H]1C(=O)N2C(C(=O)O)=C(S[C@@H]3CN[C@H](CNS(=O)(=O)N4CC[C@H](N)C4)C3)[C@H](C)[C@@H]12. The number of carbonyl (C=O) groups is 3. The van der Waals surface area contributed by atoms with Crippen molar-refractivity contribution < 1.29 is 36.7 Å². The van der Waals surface area contributed by atoms with E-state index in [1.165, 1.54) is 27.9 Å². The fourth-order valence-electron chi connectivity index (χ4n) is 5.55. The minimum atomic E-state index is -3.64. The molecule has 0 bridgehead atoms. The Morgan fingerprint density at radius 2 is 2.05 bits per heavy atom. The lowest BCUT2D eigenvalue weighted by atomic mass is 9.78. The molecule has 4 aliphatic heterocycles. The van der Waals surface area contributed by atoms with E-state index in [2.05, 4.69) is 15.4 Å². The van der Waals surface area contributed by atoms with Crippen molar-refractivity contribution in [2.45, 2.75) is 62.5 Å². The second-order valence-corrected chi connectivity index (χ2v) is 13.1. The first kappa shape index (κ1) is 28.2. The molecule has 0 unspecified atom stereocenters. The lowest BCUT2D eigenvalue weighted by molar-refractivity contribution is -0.159. The van der Waals surface area contributed by atoms with Crippen LogP contribution in [0.1, 0.15) is 26.7 Å². The van der Waals surface area contributed by atoms with Crippen molar-refractivity contribution in [3.05, 3.63) is 10.6 Å². The highest BCUT2D eigenvalue weighted by atomic mass is 32.2. The third-order valence-electron chi connectivity index (χ3n) is 7.41. The van der Waals surface area contributed by atoms with Crippen LogP contribution in [0.2, 0.25) is 0 Å². The average molecular weight is 567 g/mol. The third-order valence-corrected chi connectivity index (χ3v) is 10.5. The van der Waals surface area contributed by atoms with Crippen LogP contribution >= 0.6 is 11.8 Å². The van der Waals surface area contributed by atoms with Crippen LogP contribution in [0.4, 0.5) is 8.78 Å². The van der Waals surface area contributed by atoms with Crippen LogP contribution in [0, 0.1) is 11.8 Å². The molecule has 208 valence electrons. The minimum Gasteiger partial charge on any atom is -0.477 e. The number of aliphatic carboxylic acids is 1. The Hall–Kier alpha value is -1.85. The number of hydrogen-bond acceptors (Lipinski definition) is 8. The Morgan fingerprint density at radius 3 is 2.65 bits per heavy atom. The number of fused-ring (bicyclic) bond motifs is 1. The largest absolute Gasteiger partial charge is 0.477 e. The topological polar surface area (TPSA) is 174 Å². The molecule has 7 atom stereocenters. The number of halogens is 2. The van der Waals surface area contributed by atoms with Crippen molar-refractivity contribution in [2.24, 2.45) is 17.6 Å². The second kappa shape index (κ2) is 10.7. The summed E-state index contributed by atoms with van der Waals surface area (Å²) in [6.07, 6.45) is -2.04. The van der Waals surface area contributed by atoms with Gasteiger partial charge in [0.05, 0.1) is 12.0 Å². The Labute approximate surface area is 217 Å². The van der Waals surface area contributed by atoms with Gasteiger partial charge >= 0.3 is 12.4 Å². The molecule has 16 heteroatoms. The highest BCUT2D eigenvalue weighted by molar-refractivity contribution is 8.03. The molecule has 12 nitrogen and oxygen atoms in total. The van der Waals surface area contributed by atoms with Crippen molar-refractivity contribution in [2.75, 3.05) is 26.2 Å². The smallest absolute Gasteiger partial charge is 0.353 e. The molecular weight excluding hydrogens is 534 g/mol. The molecule has 0 aromatic rings. The molecule has 0 aromatic carbocycles. The van der Waals surface area contributed by atoms with E-state index in [9.17, 15) is 36.7 Å².